The summed E-state index contributed by atoms with van der Waals surface area (Å²) >= 11 is 0. The highest BCUT2D eigenvalue weighted by Crippen LogP contribution is 2.13. The fourth-order valence-corrected chi connectivity index (χ4v) is 2.75. The van der Waals surface area contributed by atoms with Crippen molar-refractivity contribution in [3.63, 3.8) is 0 Å². The molecule has 1 atom stereocenters. The molecule has 0 bridgehead atoms. The molecular weight excluding hydrogens is 290 g/mol. The highest BCUT2D eigenvalue weighted by atomic mass is 16.2. The molecule has 1 aliphatic rings. The van der Waals surface area contributed by atoms with Gasteiger partial charge in [-0.15, -0.1) is 0 Å². The molecule has 0 spiro atoms. The van der Waals surface area contributed by atoms with Crippen LogP contribution >= 0.6 is 0 Å². The first-order valence-corrected chi connectivity index (χ1v) is 7.76. The third-order valence-electron chi connectivity index (χ3n) is 3.96. The Balaban J connectivity index is 1.52. The molecule has 1 aromatic carbocycles. The van der Waals surface area contributed by atoms with Gasteiger partial charge in [0.15, 0.2) is 0 Å². The number of nitrogens with zero attached hydrogens (tertiary/aromatic N) is 2. The van der Waals surface area contributed by atoms with E-state index < -0.39 is 0 Å². The first-order chi connectivity index (χ1) is 11.2. The summed E-state index contributed by atoms with van der Waals surface area (Å²) in [6, 6.07) is 15.1. The molecule has 118 valence electrons. The zero-order valence-corrected chi connectivity index (χ0v) is 12.8. The van der Waals surface area contributed by atoms with Crippen LogP contribution in [-0.2, 0) is 11.2 Å². The number of carbonyl (C=O) groups excluding carboxylic acids is 2. The van der Waals surface area contributed by atoms with Crippen LogP contribution in [0.3, 0.4) is 0 Å². The molecule has 2 amide bonds. The van der Waals surface area contributed by atoms with Gasteiger partial charge in [0.2, 0.25) is 5.91 Å². The van der Waals surface area contributed by atoms with Crippen molar-refractivity contribution >= 4 is 11.8 Å². The first kappa shape index (κ1) is 15.2. The van der Waals surface area contributed by atoms with E-state index in [-0.39, 0.29) is 17.9 Å². The first-order valence-electron chi connectivity index (χ1n) is 7.76. The lowest BCUT2D eigenvalue weighted by Gasteiger charge is -2.17. The smallest absolute Gasteiger partial charge is 0.270 e. The Hall–Kier alpha value is -2.69. The number of carbonyl (C=O) groups is 2. The Morgan fingerprint density at radius 1 is 1.17 bits per heavy atom. The van der Waals surface area contributed by atoms with Crippen molar-refractivity contribution in [3.05, 3.63) is 66.0 Å². The fourth-order valence-electron chi connectivity index (χ4n) is 2.75. The van der Waals surface area contributed by atoms with Crippen LogP contribution in [0, 0.1) is 0 Å². The lowest BCUT2D eigenvalue weighted by molar-refractivity contribution is -0.127. The number of nitrogens with one attached hydrogen (secondary N) is 1. The Bertz CT molecular complexity index is 673. The third kappa shape index (κ3) is 3.94. The molecule has 0 radical (unpaired) electrons. The number of benzene rings is 1. The van der Waals surface area contributed by atoms with E-state index in [0.717, 1.165) is 6.42 Å². The van der Waals surface area contributed by atoms with Gasteiger partial charge >= 0.3 is 0 Å². The SMILES string of the molecule is O=C(NC1CC(=O)N(CCc2ccccc2)C1)c1ccccn1. The maximum Gasteiger partial charge on any atom is 0.270 e. The van der Waals surface area contributed by atoms with Crippen molar-refractivity contribution in [2.75, 3.05) is 13.1 Å². The highest BCUT2D eigenvalue weighted by molar-refractivity contribution is 5.93. The monoisotopic (exact) mass is 309 g/mol. The van der Waals surface area contributed by atoms with Crippen molar-refractivity contribution < 1.29 is 9.59 Å². The molecule has 0 saturated carbocycles. The standard InChI is InChI=1S/C18H19N3O2/c22-17-12-15(20-18(23)16-8-4-5-10-19-16)13-21(17)11-9-14-6-2-1-3-7-14/h1-8,10,15H,9,11-13H2,(H,20,23). The largest absolute Gasteiger partial charge is 0.346 e. The summed E-state index contributed by atoms with van der Waals surface area (Å²) in [4.78, 5) is 30.0. The molecule has 23 heavy (non-hydrogen) atoms. The molecule has 0 aliphatic carbocycles. The van der Waals surface area contributed by atoms with Gasteiger partial charge in [0.25, 0.3) is 5.91 Å². The lowest BCUT2D eigenvalue weighted by Crippen LogP contribution is -2.37. The summed E-state index contributed by atoms with van der Waals surface area (Å²) in [5, 5.41) is 2.89. The molecule has 1 fully saturated rings. The number of hydrogen-bond donors (Lipinski definition) is 1. The van der Waals surface area contributed by atoms with E-state index in [0.29, 0.717) is 25.2 Å². The topological polar surface area (TPSA) is 62.3 Å². The molecule has 1 unspecified atom stereocenters. The van der Waals surface area contributed by atoms with Crippen LogP contribution in [0.2, 0.25) is 0 Å². The number of amides is 2. The molecule has 2 aromatic rings. The molecule has 2 heterocycles. The van der Waals surface area contributed by atoms with Crippen LogP contribution in [0.15, 0.2) is 54.7 Å². The summed E-state index contributed by atoms with van der Waals surface area (Å²) in [7, 11) is 0. The van der Waals surface area contributed by atoms with Gasteiger partial charge in [-0.25, -0.2) is 0 Å². The van der Waals surface area contributed by atoms with Crippen LogP contribution in [0.1, 0.15) is 22.5 Å². The quantitative estimate of drug-likeness (QED) is 0.913. The van der Waals surface area contributed by atoms with E-state index in [1.54, 1.807) is 24.4 Å². The van der Waals surface area contributed by atoms with Gasteiger partial charge in [0.05, 0.1) is 6.04 Å². The number of pyridine rings is 1. The molecule has 1 aliphatic heterocycles. The van der Waals surface area contributed by atoms with Gasteiger partial charge in [-0.2, -0.15) is 0 Å². The lowest BCUT2D eigenvalue weighted by atomic mass is 10.1. The highest BCUT2D eigenvalue weighted by Gasteiger charge is 2.30. The molecule has 1 N–H and O–H groups in total. The minimum absolute atomic E-state index is 0.0900. The normalized spacial score (nSPS) is 17.3. The maximum atomic E-state index is 12.1. The van der Waals surface area contributed by atoms with Crippen molar-refractivity contribution in [1.29, 1.82) is 0 Å². The Labute approximate surface area is 135 Å². The van der Waals surface area contributed by atoms with Crippen LogP contribution in [0.25, 0.3) is 0 Å². The number of aromatic nitrogens is 1. The van der Waals surface area contributed by atoms with Crippen molar-refractivity contribution in [3.8, 4) is 0 Å². The summed E-state index contributed by atoms with van der Waals surface area (Å²) in [6.45, 7) is 1.24. The third-order valence-corrected chi connectivity index (χ3v) is 3.96. The van der Waals surface area contributed by atoms with Gasteiger partial charge in [0.1, 0.15) is 5.69 Å². The van der Waals surface area contributed by atoms with Gasteiger partial charge in [-0.3, -0.25) is 14.6 Å². The van der Waals surface area contributed by atoms with Gasteiger partial charge in [0, 0.05) is 25.7 Å². The van der Waals surface area contributed by atoms with Crippen LogP contribution < -0.4 is 5.32 Å². The zero-order chi connectivity index (χ0) is 16.1. The summed E-state index contributed by atoms with van der Waals surface area (Å²) < 4.78 is 0. The van der Waals surface area contributed by atoms with E-state index in [1.807, 2.05) is 23.1 Å². The van der Waals surface area contributed by atoms with Gasteiger partial charge < -0.3 is 10.2 Å². The van der Waals surface area contributed by atoms with Crippen LogP contribution in [0.5, 0.6) is 0 Å². The van der Waals surface area contributed by atoms with E-state index >= 15 is 0 Å². The number of likely N-dealkylation sites (tertiary alicyclic amines) is 1. The van der Waals surface area contributed by atoms with E-state index in [4.69, 9.17) is 0 Å². The predicted molar refractivity (Wildman–Crippen MR) is 86.8 cm³/mol. The maximum absolute atomic E-state index is 12.1. The Morgan fingerprint density at radius 2 is 1.96 bits per heavy atom. The van der Waals surface area contributed by atoms with Crippen molar-refractivity contribution in [2.24, 2.45) is 0 Å². The molecule has 1 saturated heterocycles. The Kier molecular flexibility index (Phi) is 4.66. The van der Waals surface area contributed by atoms with E-state index in [2.05, 4.69) is 22.4 Å². The minimum atomic E-state index is -0.228. The number of hydrogen-bond acceptors (Lipinski definition) is 3. The Morgan fingerprint density at radius 3 is 2.70 bits per heavy atom. The predicted octanol–water partition coefficient (Wildman–Crippen LogP) is 1.65. The minimum Gasteiger partial charge on any atom is -0.346 e. The average Bonchev–Trinajstić information content (AvgIpc) is 2.94. The van der Waals surface area contributed by atoms with Gasteiger partial charge in [-0.05, 0) is 24.1 Å². The molecule has 5 heteroatoms. The second kappa shape index (κ2) is 7.05. The molecule has 5 nitrogen and oxygen atoms in total. The summed E-state index contributed by atoms with van der Waals surface area (Å²) in [6.07, 6.45) is 2.77. The molecule has 3 rings (SSSR count). The van der Waals surface area contributed by atoms with Gasteiger partial charge in [-0.1, -0.05) is 36.4 Å². The molecular formula is C18H19N3O2. The second-order valence-corrected chi connectivity index (χ2v) is 5.66. The van der Waals surface area contributed by atoms with Crippen molar-refractivity contribution in [1.82, 2.24) is 15.2 Å². The average molecular weight is 309 g/mol. The fraction of sp³-hybridized carbons (Fsp3) is 0.278. The second-order valence-electron chi connectivity index (χ2n) is 5.66. The van der Waals surface area contributed by atoms with E-state index in [9.17, 15) is 9.59 Å². The van der Waals surface area contributed by atoms with Crippen LogP contribution in [-0.4, -0.2) is 40.8 Å². The van der Waals surface area contributed by atoms with Crippen LogP contribution in [0.4, 0.5) is 0 Å². The zero-order valence-electron chi connectivity index (χ0n) is 12.8. The summed E-state index contributed by atoms with van der Waals surface area (Å²) in [5.41, 5.74) is 1.59. The van der Waals surface area contributed by atoms with E-state index in [1.165, 1.54) is 5.56 Å². The molecule has 1 aromatic heterocycles. The van der Waals surface area contributed by atoms with Crippen molar-refractivity contribution in [2.45, 2.75) is 18.9 Å². The summed E-state index contributed by atoms with van der Waals surface area (Å²) in [5.74, 6) is -0.138. The number of rotatable bonds is 5.